The molecule has 4 nitrogen and oxygen atoms in total. The number of thiocarbonyl (C=S) groups is 1. The molecule has 3 N–H and O–H groups in total. The molecule has 0 bridgehead atoms. The Balaban J connectivity index is 2.17. The predicted octanol–water partition coefficient (Wildman–Crippen LogP) is 2.20. The van der Waals surface area contributed by atoms with Gasteiger partial charge < -0.3 is 5.73 Å². The van der Waals surface area contributed by atoms with Gasteiger partial charge in [-0.15, -0.1) is 0 Å². The summed E-state index contributed by atoms with van der Waals surface area (Å²) in [7, 11) is -3.57. The van der Waals surface area contributed by atoms with E-state index in [1.54, 1.807) is 30.3 Å². The molecule has 1 atom stereocenters. The monoisotopic (exact) mass is 312 g/mol. The third kappa shape index (κ3) is 3.77. The first-order valence-electron chi connectivity index (χ1n) is 6.87. The van der Waals surface area contributed by atoms with Crippen molar-refractivity contribution in [3.05, 3.63) is 30.3 Å². The lowest BCUT2D eigenvalue weighted by Crippen LogP contribution is -2.48. The van der Waals surface area contributed by atoms with Crippen molar-refractivity contribution >= 4 is 27.2 Å². The molecule has 1 aromatic rings. The molecule has 1 saturated carbocycles. The minimum absolute atomic E-state index is 0.208. The first kappa shape index (κ1) is 15.4. The van der Waals surface area contributed by atoms with Crippen LogP contribution in [0.4, 0.5) is 0 Å². The number of nitrogens with one attached hydrogen (secondary N) is 1. The molecule has 0 saturated heterocycles. The van der Waals surface area contributed by atoms with Gasteiger partial charge in [0.1, 0.15) is 0 Å². The molecule has 1 aliphatic rings. The smallest absolute Gasteiger partial charge is 0.241 e. The molecule has 1 unspecified atom stereocenters. The number of nitrogens with two attached hydrogens (primary N) is 1. The molecular weight excluding hydrogens is 292 g/mol. The summed E-state index contributed by atoms with van der Waals surface area (Å²) in [6, 6.07) is 7.87. The molecule has 110 valence electrons. The van der Waals surface area contributed by atoms with Crippen LogP contribution in [-0.4, -0.2) is 19.4 Å². The van der Waals surface area contributed by atoms with E-state index in [2.05, 4.69) is 4.72 Å². The standard InChI is InChI=1S/C14H20N2O2S2/c15-14(19)13(11-7-3-1-4-8-11)16-20(17,18)12-9-5-2-6-10-12/h2,5-6,9-11,13,16H,1,3-4,7-8H2,(H2,15,19). The van der Waals surface area contributed by atoms with Crippen molar-refractivity contribution in [1.29, 1.82) is 0 Å². The van der Waals surface area contributed by atoms with E-state index in [0.29, 0.717) is 0 Å². The molecule has 1 fully saturated rings. The maximum absolute atomic E-state index is 12.4. The van der Waals surface area contributed by atoms with Crippen LogP contribution in [0.1, 0.15) is 32.1 Å². The minimum Gasteiger partial charge on any atom is -0.392 e. The largest absolute Gasteiger partial charge is 0.392 e. The van der Waals surface area contributed by atoms with Crippen LogP contribution in [0.5, 0.6) is 0 Å². The third-order valence-corrected chi connectivity index (χ3v) is 5.47. The highest BCUT2D eigenvalue weighted by Crippen LogP contribution is 2.27. The van der Waals surface area contributed by atoms with Crippen molar-refractivity contribution in [1.82, 2.24) is 4.72 Å². The maximum atomic E-state index is 12.4. The lowest BCUT2D eigenvalue weighted by molar-refractivity contribution is 0.330. The summed E-state index contributed by atoms with van der Waals surface area (Å²) >= 11 is 5.07. The fourth-order valence-electron chi connectivity index (χ4n) is 2.69. The van der Waals surface area contributed by atoms with E-state index >= 15 is 0 Å². The van der Waals surface area contributed by atoms with Gasteiger partial charge in [0.2, 0.25) is 10.0 Å². The van der Waals surface area contributed by atoms with Crippen molar-refractivity contribution < 1.29 is 8.42 Å². The second-order valence-electron chi connectivity index (χ2n) is 5.21. The molecule has 2 rings (SSSR count). The Bertz CT molecular complexity index is 552. The number of sulfonamides is 1. The fraction of sp³-hybridized carbons (Fsp3) is 0.500. The van der Waals surface area contributed by atoms with Gasteiger partial charge in [-0.05, 0) is 30.9 Å². The zero-order valence-corrected chi connectivity index (χ0v) is 12.9. The van der Waals surface area contributed by atoms with Crippen LogP contribution < -0.4 is 10.5 Å². The number of hydrogen-bond donors (Lipinski definition) is 2. The molecule has 0 spiro atoms. The normalized spacial score (nSPS) is 18.6. The Hall–Kier alpha value is -0.980. The third-order valence-electron chi connectivity index (χ3n) is 3.76. The van der Waals surface area contributed by atoms with E-state index in [1.807, 2.05) is 0 Å². The summed E-state index contributed by atoms with van der Waals surface area (Å²) in [6.07, 6.45) is 5.36. The molecule has 6 heteroatoms. The lowest BCUT2D eigenvalue weighted by Gasteiger charge is -2.30. The predicted molar refractivity (Wildman–Crippen MR) is 83.9 cm³/mol. The highest BCUT2D eigenvalue weighted by molar-refractivity contribution is 7.89. The van der Waals surface area contributed by atoms with Crippen molar-refractivity contribution in [3.63, 3.8) is 0 Å². The first-order chi connectivity index (χ1) is 9.50. The van der Waals surface area contributed by atoms with Gasteiger partial charge in [0.05, 0.1) is 15.9 Å². The van der Waals surface area contributed by atoms with Gasteiger partial charge >= 0.3 is 0 Å². The quantitative estimate of drug-likeness (QED) is 0.818. The van der Waals surface area contributed by atoms with Crippen molar-refractivity contribution in [2.45, 2.75) is 43.0 Å². The Labute approximate surface area is 125 Å². The Morgan fingerprint density at radius 1 is 1.20 bits per heavy atom. The zero-order chi connectivity index (χ0) is 14.6. The second kappa shape index (κ2) is 6.65. The van der Waals surface area contributed by atoms with Crippen molar-refractivity contribution in [2.75, 3.05) is 0 Å². The molecule has 0 radical (unpaired) electrons. The molecule has 20 heavy (non-hydrogen) atoms. The molecule has 0 heterocycles. The van der Waals surface area contributed by atoms with E-state index < -0.39 is 16.1 Å². The summed E-state index contributed by atoms with van der Waals surface area (Å²) in [6.45, 7) is 0. The minimum atomic E-state index is -3.57. The zero-order valence-electron chi connectivity index (χ0n) is 11.3. The lowest BCUT2D eigenvalue weighted by atomic mass is 9.84. The van der Waals surface area contributed by atoms with E-state index in [0.717, 1.165) is 25.7 Å². The van der Waals surface area contributed by atoms with Gasteiger partial charge in [-0.1, -0.05) is 49.7 Å². The average Bonchev–Trinajstić information content (AvgIpc) is 2.46. The number of benzene rings is 1. The molecule has 0 aliphatic heterocycles. The van der Waals surface area contributed by atoms with Gasteiger partial charge in [-0.25, -0.2) is 13.1 Å². The van der Waals surface area contributed by atoms with Crippen LogP contribution in [0.3, 0.4) is 0 Å². The molecule has 1 aromatic carbocycles. The van der Waals surface area contributed by atoms with E-state index in [9.17, 15) is 8.42 Å². The molecule has 0 aromatic heterocycles. The SMILES string of the molecule is NC(=S)C(NS(=O)(=O)c1ccccc1)C1CCCCC1. The number of hydrogen-bond acceptors (Lipinski definition) is 3. The van der Waals surface area contributed by atoms with Gasteiger partial charge in [0.15, 0.2) is 0 Å². The van der Waals surface area contributed by atoms with Crippen LogP contribution >= 0.6 is 12.2 Å². The van der Waals surface area contributed by atoms with Gasteiger partial charge in [0.25, 0.3) is 0 Å². The fourth-order valence-corrected chi connectivity index (χ4v) is 4.32. The summed E-state index contributed by atoms with van der Waals surface area (Å²) in [5.41, 5.74) is 5.76. The van der Waals surface area contributed by atoms with Crippen LogP contribution in [0, 0.1) is 5.92 Å². The average molecular weight is 312 g/mol. The molecule has 0 amide bonds. The van der Waals surface area contributed by atoms with Gasteiger partial charge in [-0.3, -0.25) is 0 Å². The summed E-state index contributed by atoms with van der Waals surface area (Å²) in [5, 5.41) is 0. The molecule has 1 aliphatic carbocycles. The van der Waals surface area contributed by atoms with Gasteiger partial charge in [-0.2, -0.15) is 0 Å². The second-order valence-corrected chi connectivity index (χ2v) is 7.40. The summed E-state index contributed by atoms with van der Waals surface area (Å²) in [4.78, 5) is 0.480. The highest BCUT2D eigenvalue weighted by Gasteiger charge is 2.30. The van der Waals surface area contributed by atoms with Crippen LogP contribution in [0.25, 0.3) is 0 Å². The van der Waals surface area contributed by atoms with E-state index in [4.69, 9.17) is 18.0 Å². The maximum Gasteiger partial charge on any atom is 0.241 e. The van der Waals surface area contributed by atoms with Crippen molar-refractivity contribution in [3.8, 4) is 0 Å². The van der Waals surface area contributed by atoms with Gasteiger partial charge in [0, 0.05) is 0 Å². The number of rotatable bonds is 5. The molecular formula is C14H20N2O2S2. The van der Waals surface area contributed by atoms with E-state index in [1.165, 1.54) is 6.42 Å². The Kier molecular flexibility index (Phi) is 5.12. The van der Waals surface area contributed by atoms with Crippen molar-refractivity contribution in [2.24, 2.45) is 11.7 Å². The first-order valence-corrected chi connectivity index (χ1v) is 8.76. The van der Waals surface area contributed by atoms with E-state index in [-0.39, 0.29) is 15.8 Å². The summed E-state index contributed by atoms with van der Waals surface area (Å²) in [5.74, 6) is 0.208. The Morgan fingerprint density at radius 3 is 2.35 bits per heavy atom. The topological polar surface area (TPSA) is 72.2 Å². The summed E-state index contributed by atoms with van der Waals surface area (Å²) < 4.78 is 27.4. The van der Waals surface area contributed by atoms with Crippen LogP contribution in [-0.2, 0) is 10.0 Å². The Morgan fingerprint density at radius 2 is 1.80 bits per heavy atom. The van der Waals surface area contributed by atoms with Crippen LogP contribution in [0.2, 0.25) is 0 Å². The highest BCUT2D eigenvalue weighted by atomic mass is 32.2. The van der Waals surface area contributed by atoms with Crippen LogP contribution in [0.15, 0.2) is 35.2 Å².